The van der Waals surface area contributed by atoms with Gasteiger partial charge in [0.25, 0.3) is 0 Å². The largest absolute Gasteiger partial charge is 0.497 e. The fourth-order valence-electron chi connectivity index (χ4n) is 1.99. The molecule has 2 rings (SSSR count). The molecule has 5 nitrogen and oxygen atoms in total. The van der Waals surface area contributed by atoms with E-state index in [1.54, 1.807) is 34.7 Å². The summed E-state index contributed by atoms with van der Waals surface area (Å²) in [4.78, 5) is 4.43. The predicted molar refractivity (Wildman–Crippen MR) is 86.3 cm³/mol. The third-order valence-electron chi connectivity index (χ3n) is 3.12. The normalized spacial score (nSPS) is 10.5. The van der Waals surface area contributed by atoms with Crippen molar-refractivity contribution >= 4 is 11.9 Å². The standard InChI is InChI=1S/C17H19NO4/c1-19-14-7-5-13(6-8-14)18-11-12-9-15(20-2)17(22-4)16(10-12)21-3/h5-11H,1-4H3/b18-11+. The van der Waals surface area contributed by atoms with Crippen LogP contribution in [0.4, 0.5) is 5.69 Å². The van der Waals surface area contributed by atoms with Crippen LogP contribution < -0.4 is 18.9 Å². The lowest BCUT2D eigenvalue weighted by molar-refractivity contribution is 0.324. The van der Waals surface area contributed by atoms with Crippen LogP contribution in [-0.2, 0) is 0 Å². The average molecular weight is 301 g/mol. The molecule has 22 heavy (non-hydrogen) atoms. The molecule has 2 aromatic rings. The highest BCUT2D eigenvalue weighted by molar-refractivity contribution is 5.84. The molecule has 116 valence electrons. The van der Waals surface area contributed by atoms with Gasteiger partial charge < -0.3 is 18.9 Å². The zero-order chi connectivity index (χ0) is 15.9. The van der Waals surface area contributed by atoms with Gasteiger partial charge in [-0.2, -0.15) is 0 Å². The maximum absolute atomic E-state index is 5.32. The molecule has 5 heteroatoms. The molecule has 0 saturated carbocycles. The van der Waals surface area contributed by atoms with Crippen LogP contribution in [0.2, 0.25) is 0 Å². The Morgan fingerprint density at radius 3 is 1.82 bits per heavy atom. The number of hydrogen-bond donors (Lipinski definition) is 0. The number of methoxy groups -OCH3 is 4. The summed E-state index contributed by atoms with van der Waals surface area (Å²) in [7, 11) is 6.38. The molecule has 0 atom stereocenters. The van der Waals surface area contributed by atoms with Crippen molar-refractivity contribution in [3.63, 3.8) is 0 Å². The van der Waals surface area contributed by atoms with Gasteiger partial charge in [0, 0.05) is 11.8 Å². The van der Waals surface area contributed by atoms with Gasteiger partial charge in [-0.05, 0) is 36.4 Å². The highest BCUT2D eigenvalue weighted by atomic mass is 16.5. The molecular weight excluding hydrogens is 282 g/mol. The van der Waals surface area contributed by atoms with Crippen molar-refractivity contribution < 1.29 is 18.9 Å². The molecule has 0 spiro atoms. The summed E-state index contributed by atoms with van der Waals surface area (Å²) >= 11 is 0. The zero-order valence-electron chi connectivity index (χ0n) is 13.1. The topological polar surface area (TPSA) is 49.3 Å². The maximum atomic E-state index is 5.32. The van der Waals surface area contributed by atoms with Crippen LogP contribution in [0.25, 0.3) is 0 Å². The number of aliphatic imine (C=N–C) groups is 1. The molecule has 0 saturated heterocycles. The molecule has 0 aliphatic heterocycles. The Bertz CT molecular complexity index is 625. The molecule has 0 N–H and O–H groups in total. The van der Waals surface area contributed by atoms with Gasteiger partial charge in [-0.25, -0.2) is 0 Å². The highest BCUT2D eigenvalue weighted by Crippen LogP contribution is 2.37. The van der Waals surface area contributed by atoms with Gasteiger partial charge in [0.15, 0.2) is 11.5 Å². The zero-order valence-corrected chi connectivity index (χ0v) is 13.1. The number of hydrogen-bond acceptors (Lipinski definition) is 5. The summed E-state index contributed by atoms with van der Waals surface area (Å²) in [6.45, 7) is 0. The summed E-state index contributed by atoms with van der Waals surface area (Å²) in [6, 6.07) is 11.2. The van der Waals surface area contributed by atoms with E-state index in [4.69, 9.17) is 18.9 Å². The molecule has 0 unspecified atom stereocenters. The fraction of sp³-hybridized carbons (Fsp3) is 0.235. The number of benzene rings is 2. The van der Waals surface area contributed by atoms with Crippen molar-refractivity contribution in [2.45, 2.75) is 0 Å². The summed E-state index contributed by atoms with van der Waals surface area (Å²) < 4.78 is 21.0. The minimum absolute atomic E-state index is 0.562. The van der Waals surface area contributed by atoms with Crippen LogP contribution in [0.3, 0.4) is 0 Å². The molecule has 0 heterocycles. The molecule has 0 amide bonds. The van der Waals surface area contributed by atoms with Gasteiger partial charge >= 0.3 is 0 Å². The van der Waals surface area contributed by atoms with E-state index in [2.05, 4.69) is 4.99 Å². The van der Waals surface area contributed by atoms with Crippen LogP contribution in [0.1, 0.15) is 5.56 Å². The molecule has 0 fully saturated rings. The number of ether oxygens (including phenoxy) is 4. The number of nitrogens with zero attached hydrogens (tertiary/aromatic N) is 1. The van der Waals surface area contributed by atoms with Gasteiger partial charge in [-0.15, -0.1) is 0 Å². The minimum atomic E-state index is 0.562. The second kappa shape index (κ2) is 7.36. The van der Waals surface area contributed by atoms with Gasteiger partial charge in [0.05, 0.1) is 34.1 Å². The summed E-state index contributed by atoms with van der Waals surface area (Å²) in [6.07, 6.45) is 1.74. The van der Waals surface area contributed by atoms with Crippen LogP contribution in [0, 0.1) is 0 Å². The van der Waals surface area contributed by atoms with Crippen molar-refractivity contribution in [2.24, 2.45) is 4.99 Å². The van der Waals surface area contributed by atoms with E-state index in [9.17, 15) is 0 Å². The van der Waals surface area contributed by atoms with Crippen LogP contribution >= 0.6 is 0 Å². The molecule has 0 aromatic heterocycles. The Kier molecular flexibility index (Phi) is 5.25. The predicted octanol–water partition coefficient (Wildman–Crippen LogP) is 3.47. The van der Waals surface area contributed by atoms with Gasteiger partial charge in [-0.3, -0.25) is 4.99 Å². The Hall–Kier alpha value is -2.69. The molecule has 0 radical (unpaired) electrons. The van der Waals surface area contributed by atoms with E-state index >= 15 is 0 Å². The Morgan fingerprint density at radius 2 is 1.36 bits per heavy atom. The lowest BCUT2D eigenvalue weighted by Crippen LogP contribution is -1.96. The number of rotatable bonds is 6. The van der Waals surface area contributed by atoms with E-state index in [-0.39, 0.29) is 0 Å². The van der Waals surface area contributed by atoms with Crippen LogP contribution in [0.5, 0.6) is 23.0 Å². The van der Waals surface area contributed by atoms with Gasteiger partial charge in [0.2, 0.25) is 5.75 Å². The van der Waals surface area contributed by atoms with E-state index in [1.807, 2.05) is 36.4 Å². The SMILES string of the molecule is COc1ccc(/N=C/c2cc(OC)c(OC)c(OC)c2)cc1. The first-order chi connectivity index (χ1) is 10.7. The second-order valence-electron chi connectivity index (χ2n) is 4.41. The van der Waals surface area contributed by atoms with Crippen LogP contribution in [0.15, 0.2) is 41.4 Å². The molecule has 0 bridgehead atoms. The third kappa shape index (κ3) is 3.49. The van der Waals surface area contributed by atoms with E-state index in [1.165, 1.54) is 0 Å². The minimum Gasteiger partial charge on any atom is -0.497 e. The lowest BCUT2D eigenvalue weighted by Gasteiger charge is -2.12. The first-order valence-corrected chi connectivity index (χ1v) is 6.70. The van der Waals surface area contributed by atoms with Crippen molar-refractivity contribution in [2.75, 3.05) is 28.4 Å². The van der Waals surface area contributed by atoms with E-state index in [0.717, 1.165) is 17.0 Å². The summed E-state index contributed by atoms with van der Waals surface area (Å²) in [5.41, 5.74) is 1.68. The molecule has 2 aromatic carbocycles. The van der Waals surface area contributed by atoms with E-state index in [0.29, 0.717) is 17.2 Å². The maximum Gasteiger partial charge on any atom is 0.203 e. The first kappa shape index (κ1) is 15.7. The Balaban J connectivity index is 2.29. The molecule has 0 aliphatic rings. The van der Waals surface area contributed by atoms with Gasteiger partial charge in [0.1, 0.15) is 5.75 Å². The van der Waals surface area contributed by atoms with Crippen molar-refractivity contribution in [1.29, 1.82) is 0 Å². The third-order valence-corrected chi connectivity index (χ3v) is 3.12. The summed E-state index contributed by atoms with van der Waals surface area (Å²) in [5.74, 6) is 2.55. The Labute approximate surface area is 130 Å². The quantitative estimate of drug-likeness (QED) is 0.767. The highest BCUT2D eigenvalue weighted by Gasteiger charge is 2.12. The average Bonchev–Trinajstić information content (AvgIpc) is 2.59. The van der Waals surface area contributed by atoms with Crippen molar-refractivity contribution in [3.8, 4) is 23.0 Å². The van der Waals surface area contributed by atoms with Gasteiger partial charge in [-0.1, -0.05) is 0 Å². The molecule has 0 aliphatic carbocycles. The van der Waals surface area contributed by atoms with Crippen molar-refractivity contribution in [3.05, 3.63) is 42.0 Å². The first-order valence-electron chi connectivity index (χ1n) is 6.70. The molecular formula is C17H19NO4. The monoisotopic (exact) mass is 301 g/mol. The summed E-state index contributed by atoms with van der Waals surface area (Å²) in [5, 5.41) is 0. The fourth-order valence-corrected chi connectivity index (χ4v) is 1.99. The lowest BCUT2D eigenvalue weighted by atomic mass is 10.2. The van der Waals surface area contributed by atoms with E-state index < -0.39 is 0 Å². The van der Waals surface area contributed by atoms with Crippen molar-refractivity contribution in [1.82, 2.24) is 0 Å². The van der Waals surface area contributed by atoms with Crippen LogP contribution in [-0.4, -0.2) is 34.7 Å². The Morgan fingerprint density at radius 1 is 0.773 bits per heavy atom. The smallest absolute Gasteiger partial charge is 0.203 e. The second-order valence-corrected chi connectivity index (χ2v) is 4.41.